The van der Waals surface area contributed by atoms with Gasteiger partial charge in [0, 0.05) is 19.2 Å². The lowest BCUT2D eigenvalue weighted by molar-refractivity contribution is 0.146. The number of pyridine rings is 1. The summed E-state index contributed by atoms with van der Waals surface area (Å²) in [5.74, 6) is 1.38. The first-order valence-corrected chi connectivity index (χ1v) is 9.12. The van der Waals surface area contributed by atoms with Gasteiger partial charge in [0.15, 0.2) is 10.8 Å². The van der Waals surface area contributed by atoms with Crippen molar-refractivity contribution in [2.45, 2.75) is 0 Å². The molecule has 3 aromatic rings. The highest BCUT2D eigenvalue weighted by atomic mass is 32.1. The Balaban J connectivity index is 1.76. The zero-order chi connectivity index (χ0) is 19.8. The van der Waals surface area contributed by atoms with Crippen LogP contribution in [0.4, 0.5) is 5.82 Å². The molecule has 2 N–H and O–H groups in total. The van der Waals surface area contributed by atoms with Crippen molar-refractivity contribution in [3.8, 4) is 17.0 Å². The van der Waals surface area contributed by atoms with Crippen molar-refractivity contribution in [2.75, 3.05) is 32.2 Å². The molecule has 0 amide bonds. The Hall–Kier alpha value is -3.10. The number of ether oxygens (including phenoxy) is 2. The highest BCUT2D eigenvalue weighted by Crippen LogP contribution is 2.22. The molecule has 0 aliphatic heterocycles. The van der Waals surface area contributed by atoms with Gasteiger partial charge in [-0.25, -0.2) is 9.97 Å². The molecule has 3 rings (SSSR count). The number of aromatic nitrogens is 3. The number of rotatable bonds is 8. The molecule has 0 fully saturated rings. The highest BCUT2D eigenvalue weighted by molar-refractivity contribution is 7.80. The summed E-state index contributed by atoms with van der Waals surface area (Å²) in [5, 5.41) is 6.50. The lowest BCUT2D eigenvalue weighted by Crippen LogP contribution is -2.28. The second-order valence-corrected chi connectivity index (χ2v) is 6.19. The average Bonchev–Trinajstić information content (AvgIpc) is 2.72. The number of thiocarbonyl (C=S) groups is 1. The van der Waals surface area contributed by atoms with E-state index in [2.05, 4.69) is 32.2 Å². The normalized spacial score (nSPS) is 10.5. The fraction of sp³-hybridized carbons (Fsp3) is 0.200. The Morgan fingerprint density at radius 3 is 2.71 bits per heavy atom. The van der Waals surface area contributed by atoms with Gasteiger partial charge >= 0.3 is 0 Å². The lowest BCUT2D eigenvalue weighted by atomic mass is 10.1. The van der Waals surface area contributed by atoms with Gasteiger partial charge in [0.25, 0.3) is 0 Å². The number of benzene rings is 1. The van der Waals surface area contributed by atoms with Gasteiger partial charge in [-0.1, -0.05) is 6.08 Å². The maximum atomic E-state index is 5.58. The maximum absolute atomic E-state index is 5.58. The molecule has 7 nitrogen and oxygen atoms in total. The molecule has 0 unspecified atom stereocenters. The van der Waals surface area contributed by atoms with Gasteiger partial charge in [-0.2, -0.15) is 0 Å². The second kappa shape index (κ2) is 9.72. The molecule has 0 radical (unpaired) electrons. The number of nitrogens with one attached hydrogen (secondary N) is 2. The van der Waals surface area contributed by atoms with Crippen molar-refractivity contribution in [2.24, 2.45) is 0 Å². The minimum Gasteiger partial charge on any atom is -0.491 e. The molecule has 0 aliphatic carbocycles. The van der Waals surface area contributed by atoms with Gasteiger partial charge < -0.3 is 20.1 Å². The molecular formula is C20H21N5O2S. The van der Waals surface area contributed by atoms with Crippen LogP contribution < -0.4 is 15.4 Å². The summed E-state index contributed by atoms with van der Waals surface area (Å²) < 4.78 is 10.6. The smallest absolute Gasteiger partial charge is 0.180 e. The molecule has 144 valence electrons. The van der Waals surface area contributed by atoms with E-state index in [1.54, 1.807) is 19.4 Å². The van der Waals surface area contributed by atoms with E-state index in [0.29, 0.717) is 41.9 Å². The number of fused-ring (bicyclic) bond motifs is 1. The molecule has 2 heterocycles. The fourth-order valence-corrected chi connectivity index (χ4v) is 2.58. The fourth-order valence-electron chi connectivity index (χ4n) is 2.40. The van der Waals surface area contributed by atoms with Gasteiger partial charge in [0.1, 0.15) is 23.7 Å². The first-order valence-electron chi connectivity index (χ1n) is 8.71. The third-order valence-electron chi connectivity index (χ3n) is 3.76. The van der Waals surface area contributed by atoms with E-state index < -0.39 is 0 Å². The zero-order valence-corrected chi connectivity index (χ0v) is 16.3. The van der Waals surface area contributed by atoms with Crippen molar-refractivity contribution in [1.29, 1.82) is 0 Å². The number of hydrogen-bond acceptors (Lipinski definition) is 6. The first-order chi connectivity index (χ1) is 13.7. The maximum Gasteiger partial charge on any atom is 0.180 e. The Morgan fingerprint density at radius 1 is 1.14 bits per heavy atom. The average molecular weight is 395 g/mol. The molecule has 1 aromatic carbocycles. The predicted octanol–water partition coefficient (Wildman–Crippen LogP) is 3.19. The Morgan fingerprint density at radius 2 is 1.96 bits per heavy atom. The van der Waals surface area contributed by atoms with Crippen molar-refractivity contribution >= 4 is 34.3 Å². The van der Waals surface area contributed by atoms with Crippen molar-refractivity contribution in [3.63, 3.8) is 0 Å². The number of anilines is 1. The van der Waals surface area contributed by atoms with Gasteiger partial charge in [-0.15, -0.1) is 6.58 Å². The third-order valence-corrected chi connectivity index (χ3v) is 4.01. The zero-order valence-electron chi connectivity index (χ0n) is 15.5. The van der Waals surface area contributed by atoms with Crippen LogP contribution in [0.15, 0.2) is 55.3 Å². The summed E-state index contributed by atoms with van der Waals surface area (Å²) in [6.07, 6.45) is 3.46. The predicted molar refractivity (Wildman–Crippen MR) is 115 cm³/mol. The quantitative estimate of drug-likeness (QED) is 0.342. The molecule has 28 heavy (non-hydrogen) atoms. The van der Waals surface area contributed by atoms with Gasteiger partial charge in [-0.05, 0) is 48.6 Å². The van der Waals surface area contributed by atoms with Crippen molar-refractivity contribution < 1.29 is 9.47 Å². The molecule has 0 spiro atoms. The SMILES string of the molecule is C=CCNC(=S)Nc1ccc2ncc(-c3ccc(OCCOC)cc3)nc2n1. The monoisotopic (exact) mass is 395 g/mol. The third kappa shape index (κ3) is 5.21. The van der Waals surface area contributed by atoms with E-state index in [1.807, 2.05) is 36.4 Å². The Labute approximate surface area is 168 Å². The van der Waals surface area contributed by atoms with Crippen LogP contribution in [0.25, 0.3) is 22.4 Å². The molecule has 0 bridgehead atoms. The highest BCUT2D eigenvalue weighted by Gasteiger charge is 2.06. The Bertz CT molecular complexity index is 962. The summed E-state index contributed by atoms with van der Waals surface area (Å²) in [5.41, 5.74) is 2.90. The summed E-state index contributed by atoms with van der Waals surface area (Å²) in [7, 11) is 1.64. The minimum absolute atomic E-state index is 0.472. The van der Waals surface area contributed by atoms with Crippen molar-refractivity contribution in [1.82, 2.24) is 20.3 Å². The molecule has 2 aromatic heterocycles. The largest absolute Gasteiger partial charge is 0.491 e. The standard InChI is InChI=1S/C20H21N5O2S/c1-3-10-21-20(28)25-18-9-8-16-19(24-18)23-17(13-22-16)14-4-6-15(7-5-14)27-12-11-26-2/h3-9,13H,1,10-12H2,2H3,(H2,21,23,24,25,28). The molecule has 0 aliphatic rings. The van der Waals surface area contributed by atoms with E-state index in [9.17, 15) is 0 Å². The van der Waals surface area contributed by atoms with Crippen molar-refractivity contribution in [3.05, 3.63) is 55.3 Å². The molecular weight excluding hydrogens is 374 g/mol. The molecule has 0 saturated carbocycles. The number of methoxy groups -OCH3 is 1. The van der Waals surface area contributed by atoms with Crippen LogP contribution in [-0.4, -0.2) is 46.9 Å². The van der Waals surface area contributed by atoms with E-state index in [-0.39, 0.29) is 0 Å². The van der Waals surface area contributed by atoms with E-state index in [4.69, 9.17) is 21.7 Å². The minimum atomic E-state index is 0.472. The number of hydrogen-bond donors (Lipinski definition) is 2. The summed E-state index contributed by atoms with van der Waals surface area (Å²) >= 11 is 5.21. The van der Waals surface area contributed by atoms with Crippen LogP contribution in [0.3, 0.4) is 0 Å². The van der Waals surface area contributed by atoms with Gasteiger partial charge in [0.2, 0.25) is 0 Å². The van der Waals surface area contributed by atoms with E-state index in [1.165, 1.54) is 0 Å². The number of nitrogens with zero attached hydrogens (tertiary/aromatic N) is 3. The van der Waals surface area contributed by atoms with Crippen LogP contribution in [0.1, 0.15) is 0 Å². The second-order valence-electron chi connectivity index (χ2n) is 5.78. The molecule has 0 saturated heterocycles. The van der Waals surface area contributed by atoms with Gasteiger partial charge in [-0.3, -0.25) is 4.98 Å². The molecule has 0 atom stereocenters. The van der Waals surface area contributed by atoms with Crippen LogP contribution >= 0.6 is 12.2 Å². The first kappa shape index (κ1) is 19.7. The van der Waals surface area contributed by atoms with E-state index in [0.717, 1.165) is 17.0 Å². The summed E-state index contributed by atoms with van der Waals surface area (Å²) in [6, 6.07) is 11.3. The van der Waals surface area contributed by atoms with Crippen LogP contribution in [0.5, 0.6) is 5.75 Å². The molecule has 8 heteroatoms. The van der Waals surface area contributed by atoms with Crippen LogP contribution in [0.2, 0.25) is 0 Å². The topological polar surface area (TPSA) is 81.2 Å². The van der Waals surface area contributed by atoms with Crippen LogP contribution in [0, 0.1) is 0 Å². The summed E-state index contributed by atoms with van der Waals surface area (Å²) in [4.78, 5) is 13.6. The summed E-state index contributed by atoms with van der Waals surface area (Å²) in [6.45, 7) is 5.28. The van der Waals surface area contributed by atoms with E-state index >= 15 is 0 Å². The van der Waals surface area contributed by atoms with Gasteiger partial charge in [0.05, 0.1) is 18.5 Å². The lowest BCUT2D eigenvalue weighted by Gasteiger charge is -2.09. The van der Waals surface area contributed by atoms with Crippen LogP contribution in [-0.2, 0) is 4.74 Å². The Kier molecular flexibility index (Phi) is 6.83.